The van der Waals surface area contributed by atoms with E-state index >= 15 is 0 Å². The second kappa shape index (κ2) is 6.32. The Balaban J connectivity index is 2.14. The fraction of sp³-hybridized carbons (Fsp3) is 0.600. The second-order valence-corrected chi connectivity index (χ2v) is 5.16. The first-order valence-corrected chi connectivity index (χ1v) is 6.76. The van der Waals surface area contributed by atoms with Crippen LogP contribution in [0.25, 0.3) is 0 Å². The summed E-state index contributed by atoms with van der Waals surface area (Å²) in [7, 11) is 3.90. The van der Waals surface area contributed by atoms with Crippen molar-refractivity contribution < 1.29 is 4.74 Å². The summed E-state index contributed by atoms with van der Waals surface area (Å²) in [6.07, 6.45) is 3.53. The minimum atomic E-state index is 0.116. The highest BCUT2D eigenvalue weighted by Gasteiger charge is 2.27. The zero-order valence-electron chi connectivity index (χ0n) is 11.4. The van der Waals surface area contributed by atoms with Crippen LogP contribution >= 0.6 is 0 Å². The molecule has 1 aromatic rings. The molecular weight excluding hydrogens is 224 g/mol. The minimum Gasteiger partial charge on any atom is -0.383 e. The quantitative estimate of drug-likeness (QED) is 0.828. The van der Waals surface area contributed by atoms with Gasteiger partial charge in [0, 0.05) is 25.7 Å². The average molecular weight is 248 g/mol. The number of nitrogens with zero attached hydrogens (tertiary/aromatic N) is 1. The number of likely N-dealkylation sites (N-methyl/N-ethyl adjacent to an activating group) is 1. The van der Waals surface area contributed by atoms with Crippen LogP contribution in [-0.2, 0) is 11.2 Å². The number of hydrogen-bond donors (Lipinski definition) is 1. The minimum absolute atomic E-state index is 0.116. The van der Waals surface area contributed by atoms with Gasteiger partial charge in [0.2, 0.25) is 0 Å². The third kappa shape index (κ3) is 2.91. The predicted octanol–water partition coefficient (Wildman–Crippen LogP) is 1.97. The summed E-state index contributed by atoms with van der Waals surface area (Å²) < 4.78 is 5.16. The van der Waals surface area contributed by atoms with Crippen molar-refractivity contribution in [2.45, 2.75) is 31.3 Å². The van der Waals surface area contributed by atoms with Crippen molar-refractivity contribution in [1.82, 2.24) is 4.90 Å². The maximum absolute atomic E-state index is 6.48. The van der Waals surface area contributed by atoms with Gasteiger partial charge in [0.25, 0.3) is 0 Å². The van der Waals surface area contributed by atoms with Crippen LogP contribution in [0.4, 0.5) is 0 Å². The number of fused-ring (bicyclic) bond motifs is 1. The molecular formula is C15H24N2O. The molecule has 1 aliphatic carbocycles. The molecule has 0 heterocycles. The lowest BCUT2D eigenvalue weighted by molar-refractivity contribution is 0.125. The summed E-state index contributed by atoms with van der Waals surface area (Å²) in [5, 5.41) is 0. The maximum Gasteiger partial charge on any atom is 0.0589 e. The van der Waals surface area contributed by atoms with Gasteiger partial charge in [-0.2, -0.15) is 0 Å². The molecule has 0 spiro atoms. The van der Waals surface area contributed by atoms with Gasteiger partial charge < -0.3 is 10.5 Å². The molecule has 0 saturated carbocycles. The highest BCUT2D eigenvalue weighted by molar-refractivity contribution is 5.32. The molecule has 18 heavy (non-hydrogen) atoms. The van der Waals surface area contributed by atoms with Gasteiger partial charge >= 0.3 is 0 Å². The maximum atomic E-state index is 6.48. The van der Waals surface area contributed by atoms with Gasteiger partial charge in [0.15, 0.2) is 0 Å². The summed E-state index contributed by atoms with van der Waals surface area (Å²) >= 11 is 0. The molecule has 0 amide bonds. The third-order valence-electron chi connectivity index (χ3n) is 3.99. The van der Waals surface area contributed by atoms with E-state index in [-0.39, 0.29) is 6.04 Å². The lowest BCUT2D eigenvalue weighted by Crippen LogP contribution is -2.41. The molecule has 0 radical (unpaired) electrons. The van der Waals surface area contributed by atoms with E-state index in [1.54, 1.807) is 7.11 Å². The summed E-state index contributed by atoms with van der Waals surface area (Å²) in [4.78, 5) is 2.34. The second-order valence-electron chi connectivity index (χ2n) is 5.16. The van der Waals surface area contributed by atoms with E-state index in [1.165, 1.54) is 17.5 Å². The zero-order chi connectivity index (χ0) is 13.0. The fourth-order valence-electron chi connectivity index (χ4n) is 2.87. The van der Waals surface area contributed by atoms with Crippen molar-refractivity contribution in [1.29, 1.82) is 0 Å². The van der Waals surface area contributed by atoms with Gasteiger partial charge in [-0.1, -0.05) is 24.3 Å². The van der Waals surface area contributed by atoms with E-state index in [0.717, 1.165) is 26.0 Å². The van der Waals surface area contributed by atoms with Crippen molar-refractivity contribution >= 4 is 0 Å². The number of aryl methyl sites for hydroxylation is 1. The van der Waals surface area contributed by atoms with E-state index < -0.39 is 0 Å². The van der Waals surface area contributed by atoms with Crippen molar-refractivity contribution in [3.8, 4) is 0 Å². The molecule has 100 valence electrons. The first-order valence-electron chi connectivity index (χ1n) is 6.76. The molecule has 2 rings (SSSR count). The number of hydrogen-bond acceptors (Lipinski definition) is 3. The first kappa shape index (κ1) is 13.5. The molecule has 2 N–H and O–H groups in total. The lowest BCUT2D eigenvalue weighted by Gasteiger charge is -2.32. The molecule has 3 nitrogen and oxygen atoms in total. The van der Waals surface area contributed by atoms with Gasteiger partial charge in [-0.15, -0.1) is 0 Å². The summed E-state index contributed by atoms with van der Waals surface area (Å²) in [5.74, 6) is 0. The van der Waals surface area contributed by atoms with Crippen LogP contribution in [0, 0.1) is 0 Å². The highest BCUT2D eigenvalue weighted by Crippen LogP contribution is 2.29. The summed E-state index contributed by atoms with van der Waals surface area (Å²) in [5.41, 5.74) is 9.23. The molecule has 0 aliphatic heterocycles. The Morgan fingerprint density at radius 1 is 1.39 bits per heavy atom. The van der Waals surface area contributed by atoms with E-state index in [9.17, 15) is 0 Å². The topological polar surface area (TPSA) is 38.5 Å². The van der Waals surface area contributed by atoms with Gasteiger partial charge in [0.1, 0.15) is 0 Å². The normalized spacial score (nSPS) is 23.8. The number of rotatable bonds is 4. The van der Waals surface area contributed by atoms with Crippen LogP contribution in [-0.4, -0.2) is 38.3 Å². The summed E-state index contributed by atoms with van der Waals surface area (Å²) in [6.45, 7) is 1.71. The first-order chi connectivity index (χ1) is 8.74. The highest BCUT2D eigenvalue weighted by atomic mass is 16.5. The molecule has 0 saturated heterocycles. The van der Waals surface area contributed by atoms with Gasteiger partial charge in [-0.05, 0) is 37.4 Å². The van der Waals surface area contributed by atoms with Crippen LogP contribution in [0.1, 0.15) is 30.0 Å². The molecule has 3 heteroatoms. The van der Waals surface area contributed by atoms with E-state index in [4.69, 9.17) is 10.5 Å². The number of benzene rings is 1. The van der Waals surface area contributed by atoms with Gasteiger partial charge in [-0.25, -0.2) is 0 Å². The average Bonchev–Trinajstić information content (AvgIpc) is 2.56. The van der Waals surface area contributed by atoms with Gasteiger partial charge in [-0.3, -0.25) is 4.90 Å². The molecule has 2 unspecified atom stereocenters. The molecule has 0 bridgehead atoms. The van der Waals surface area contributed by atoms with E-state index in [0.29, 0.717) is 6.04 Å². The smallest absolute Gasteiger partial charge is 0.0589 e. The molecule has 2 atom stereocenters. The zero-order valence-corrected chi connectivity index (χ0v) is 11.4. The summed E-state index contributed by atoms with van der Waals surface area (Å²) in [6, 6.07) is 9.14. The Hall–Kier alpha value is -0.900. The Labute approximate surface area is 110 Å². The SMILES string of the molecule is COCCN(C)C1CCCc2ccccc2C1N. The number of nitrogens with two attached hydrogens (primary N) is 1. The molecule has 1 aliphatic rings. The van der Waals surface area contributed by atoms with E-state index in [1.807, 2.05) is 0 Å². The Bertz CT molecular complexity index is 381. The third-order valence-corrected chi connectivity index (χ3v) is 3.99. The van der Waals surface area contributed by atoms with Crippen molar-refractivity contribution in [3.63, 3.8) is 0 Å². The van der Waals surface area contributed by atoms with Crippen molar-refractivity contribution in [3.05, 3.63) is 35.4 Å². The molecule has 1 aromatic carbocycles. The largest absolute Gasteiger partial charge is 0.383 e. The van der Waals surface area contributed by atoms with Crippen LogP contribution in [0.15, 0.2) is 24.3 Å². The molecule has 0 fully saturated rings. The van der Waals surface area contributed by atoms with Crippen LogP contribution < -0.4 is 5.73 Å². The number of methoxy groups -OCH3 is 1. The standard InChI is InChI=1S/C15H24N2O/c1-17(10-11-18-2)14-9-5-7-12-6-3-4-8-13(12)15(14)16/h3-4,6,8,14-15H,5,7,9-11,16H2,1-2H3. The fourth-order valence-corrected chi connectivity index (χ4v) is 2.87. The predicted molar refractivity (Wildman–Crippen MR) is 74.6 cm³/mol. The van der Waals surface area contributed by atoms with Gasteiger partial charge in [0.05, 0.1) is 6.61 Å². The Kier molecular flexibility index (Phi) is 4.75. The van der Waals surface area contributed by atoms with Crippen LogP contribution in [0.3, 0.4) is 0 Å². The van der Waals surface area contributed by atoms with Crippen molar-refractivity contribution in [2.24, 2.45) is 5.73 Å². The van der Waals surface area contributed by atoms with Crippen LogP contribution in [0.2, 0.25) is 0 Å². The molecule has 0 aromatic heterocycles. The number of ether oxygens (including phenoxy) is 1. The van der Waals surface area contributed by atoms with E-state index in [2.05, 4.69) is 36.2 Å². The monoisotopic (exact) mass is 248 g/mol. The Morgan fingerprint density at radius 3 is 2.94 bits per heavy atom. The Morgan fingerprint density at radius 2 is 2.17 bits per heavy atom. The van der Waals surface area contributed by atoms with Crippen LogP contribution in [0.5, 0.6) is 0 Å². The van der Waals surface area contributed by atoms with Crippen molar-refractivity contribution in [2.75, 3.05) is 27.3 Å². The lowest BCUT2D eigenvalue weighted by atomic mass is 9.96.